The van der Waals surface area contributed by atoms with Gasteiger partial charge in [0.1, 0.15) is 6.04 Å². The van der Waals surface area contributed by atoms with E-state index in [0.717, 1.165) is 49.9 Å². The van der Waals surface area contributed by atoms with Crippen LogP contribution in [0.5, 0.6) is 0 Å². The van der Waals surface area contributed by atoms with E-state index >= 15 is 0 Å². The quantitative estimate of drug-likeness (QED) is 0.789. The van der Waals surface area contributed by atoms with Crippen molar-refractivity contribution in [1.82, 2.24) is 5.32 Å². The molecule has 4 rings (SSSR count). The first-order chi connectivity index (χ1) is 10.0. The first-order valence-electron chi connectivity index (χ1n) is 8.62. The fourth-order valence-electron chi connectivity index (χ4n) is 5.39. The molecule has 4 aliphatic carbocycles. The maximum atomic E-state index is 12.9. The summed E-state index contributed by atoms with van der Waals surface area (Å²) in [7, 11) is 0. The Kier molecular flexibility index (Phi) is 3.98. The van der Waals surface area contributed by atoms with Gasteiger partial charge in [-0.2, -0.15) is 0 Å². The molecule has 4 aliphatic rings. The molecule has 2 amide bonds. The first kappa shape index (κ1) is 14.9. The zero-order valence-electron chi connectivity index (χ0n) is 13.1. The summed E-state index contributed by atoms with van der Waals surface area (Å²) in [5, 5.41) is 2.99. The van der Waals surface area contributed by atoms with Crippen LogP contribution in [0.15, 0.2) is 0 Å². The van der Waals surface area contributed by atoms with Gasteiger partial charge in [0.25, 0.3) is 0 Å². The number of amides is 2. The Hall–Kier alpha value is -1.06. The third-order valence-electron chi connectivity index (χ3n) is 6.02. The summed E-state index contributed by atoms with van der Waals surface area (Å²) >= 11 is 0. The van der Waals surface area contributed by atoms with Gasteiger partial charge in [0.2, 0.25) is 11.8 Å². The van der Waals surface area contributed by atoms with Crippen LogP contribution >= 0.6 is 0 Å². The highest BCUT2D eigenvalue weighted by molar-refractivity contribution is 5.89. The largest absolute Gasteiger partial charge is 0.368 e. The highest BCUT2D eigenvalue weighted by Gasteiger charge is 2.54. The summed E-state index contributed by atoms with van der Waals surface area (Å²) in [6.45, 7) is 2.08. The number of nitrogens with two attached hydrogens (primary N) is 1. The van der Waals surface area contributed by atoms with Crippen molar-refractivity contribution in [3.8, 4) is 0 Å². The zero-order valence-corrected chi connectivity index (χ0v) is 13.1. The van der Waals surface area contributed by atoms with Gasteiger partial charge in [0, 0.05) is 5.41 Å². The molecule has 0 heterocycles. The maximum absolute atomic E-state index is 12.9. The summed E-state index contributed by atoms with van der Waals surface area (Å²) in [4.78, 5) is 24.4. The third kappa shape index (κ3) is 2.82. The molecule has 4 saturated carbocycles. The van der Waals surface area contributed by atoms with Gasteiger partial charge in [-0.1, -0.05) is 19.8 Å². The van der Waals surface area contributed by atoms with Gasteiger partial charge >= 0.3 is 0 Å². The summed E-state index contributed by atoms with van der Waals surface area (Å²) in [6, 6.07) is -0.481. The molecule has 0 spiro atoms. The van der Waals surface area contributed by atoms with Crippen LogP contribution in [-0.4, -0.2) is 17.9 Å². The first-order valence-corrected chi connectivity index (χ1v) is 8.62. The molecule has 0 aromatic rings. The summed E-state index contributed by atoms with van der Waals surface area (Å²) < 4.78 is 0. The molecule has 4 nitrogen and oxygen atoms in total. The standard InChI is InChI=1S/C17H28N2O2/c1-2-3-4-14(15(18)20)19-16(21)17-8-11-5-12(9-17)7-13(6-11)10-17/h11-14H,2-10H2,1H3,(H2,18,20)(H,19,21)/t11?,12?,13?,14-,17?/m0/s1. The lowest BCUT2D eigenvalue weighted by molar-refractivity contribution is -0.148. The molecule has 21 heavy (non-hydrogen) atoms. The summed E-state index contributed by atoms with van der Waals surface area (Å²) in [5.41, 5.74) is 5.28. The van der Waals surface area contributed by atoms with E-state index in [2.05, 4.69) is 12.2 Å². The highest BCUT2D eigenvalue weighted by Crippen LogP contribution is 2.60. The minimum Gasteiger partial charge on any atom is -0.368 e. The third-order valence-corrected chi connectivity index (χ3v) is 6.02. The van der Waals surface area contributed by atoms with E-state index in [1.54, 1.807) is 0 Å². The van der Waals surface area contributed by atoms with Crippen molar-refractivity contribution in [2.45, 2.75) is 70.8 Å². The van der Waals surface area contributed by atoms with E-state index < -0.39 is 6.04 Å². The molecule has 0 aromatic carbocycles. The number of carbonyl (C=O) groups is 2. The molecule has 4 heteroatoms. The van der Waals surface area contributed by atoms with Crippen LogP contribution in [0, 0.1) is 23.2 Å². The molecule has 1 atom stereocenters. The minimum absolute atomic E-state index is 0.113. The van der Waals surface area contributed by atoms with E-state index in [1.807, 2.05) is 0 Å². The molecule has 118 valence electrons. The van der Waals surface area contributed by atoms with Crippen LogP contribution in [0.2, 0.25) is 0 Å². The zero-order chi connectivity index (χ0) is 15.0. The fraction of sp³-hybridized carbons (Fsp3) is 0.882. The predicted octanol–water partition coefficient (Wildman–Crippen LogP) is 2.36. The van der Waals surface area contributed by atoms with Crippen LogP contribution < -0.4 is 11.1 Å². The van der Waals surface area contributed by atoms with Gasteiger partial charge in [-0.25, -0.2) is 0 Å². The Morgan fingerprint density at radius 2 is 1.67 bits per heavy atom. The van der Waals surface area contributed by atoms with Gasteiger partial charge in [0.05, 0.1) is 0 Å². The topological polar surface area (TPSA) is 72.2 Å². The van der Waals surface area contributed by atoms with E-state index in [-0.39, 0.29) is 17.2 Å². The fourth-order valence-corrected chi connectivity index (χ4v) is 5.39. The molecule has 0 saturated heterocycles. The molecule has 4 fully saturated rings. The molecular weight excluding hydrogens is 264 g/mol. The Balaban J connectivity index is 1.68. The molecule has 0 aliphatic heterocycles. The number of carbonyl (C=O) groups excluding carboxylic acids is 2. The van der Waals surface area contributed by atoms with E-state index in [0.29, 0.717) is 6.42 Å². The number of rotatable bonds is 6. The number of nitrogens with one attached hydrogen (secondary N) is 1. The number of primary amides is 1. The molecular formula is C17H28N2O2. The summed E-state index contributed by atoms with van der Waals surface area (Å²) in [5.74, 6) is 1.95. The number of hydrogen-bond acceptors (Lipinski definition) is 2. The molecule has 0 aromatic heterocycles. The highest BCUT2D eigenvalue weighted by atomic mass is 16.2. The monoisotopic (exact) mass is 292 g/mol. The molecule has 0 radical (unpaired) electrons. The predicted molar refractivity (Wildman–Crippen MR) is 81.3 cm³/mol. The Bertz CT molecular complexity index is 397. The van der Waals surface area contributed by atoms with E-state index in [9.17, 15) is 9.59 Å². The van der Waals surface area contributed by atoms with Crippen LogP contribution in [0.3, 0.4) is 0 Å². The summed E-state index contributed by atoms with van der Waals surface area (Å²) in [6.07, 6.45) is 9.67. The van der Waals surface area contributed by atoms with Gasteiger partial charge in [-0.3, -0.25) is 9.59 Å². The van der Waals surface area contributed by atoms with Crippen molar-refractivity contribution in [3.05, 3.63) is 0 Å². The average molecular weight is 292 g/mol. The SMILES string of the molecule is CCCC[C@H](NC(=O)C12CC3CC(CC(C3)C1)C2)C(N)=O. The Morgan fingerprint density at radius 1 is 1.14 bits per heavy atom. The van der Waals surface area contributed by atoms with Crippen LogP contribution in [-0.2, 0) is 9.59 Å². The lowest BCUT2D eigenvalue weighted by Crippen LogP contribution is -2.56. The van der Waals surface area contributed by atoms with Crippen molar-refractivity contribution in [1.29, 1.82) is 0 Å². The second kappa shape index (κ2) is 5.62. The van der Waals surface area contributed by atoms with Crippen LogP contribution in [0.25, 0.3) is 0 Å². The Labute approximate surface area is 127 Å². The van der Waals surface area contributed by atoms with Gasteiger partial charge < -0.3 is 11.1 Å². The van der Waals surface area contributed by atoms with Crippen molar-refractivity contribution in [2.24, 2.45) is 28.9 Å². The normalized spacial score (nSPS) is 38.2. The number of unbranched alkanes of at least 4 members (excludes halogenated alkanes) is 1. The van der Waals surface area contributed by atoms with Crippen molar-refractivity contribution in [2.75, 3.05) is 0 Å². The smallest absolute Gasteiger partial charge is 0.239 e. The van der Waals surface area contributed by atoms with Crippen molar-refractivity contribution < 1.29 is 9.59 Å². The Morgan fingerprint density at radius 3 is 2.10 bits per heavy atom. The van der Waals surface area contributed by atoms with Crippen LogP contribution in [0.1, 0.15) is 64.7 Å². The average Bonchev–Trinajstić information content (AvgIpc) is 2.41. The second-order valence-electron chi connectivity index (χ2n) is 7.77. The van der Waals surface area contributed by atoms with Crippen LogP contribution in [0.4, 0.5) is 0 Å². The minimum atomic E-state index is -0.481. The second-order valence-corrected chi connectivity index (χ2v) is 7.77. The lowest BCUT2D eigenvalue weighted by Gasteiger charge is -2.55. The van der Waals surface area contributed by atoms with Gasteiger partial charge in [0.15, 0.2) is 0 Å². The van der Waals surface area contributed by atoms with E-state index in [1.165, 1.54) is 19.3 Å². The van der Waals surface area contributed by atoms with E-state index in [4.69, 9.17) is 5.73 Å². The number of hydrogen-bond donors (Lipinski definition) is 2. The lowest BCUT2D eigenvalue weighted by atomic mass is 9.49. The van der Waals surface area contributed by atoms with Crippen molar-refractivity contribution >= 4 is 11.8 Å². The van der Waals surface area contributed by atoms with Gasteiger partial charge in [-0.05, 0) is 62.7 Å². The molecule has 3 N–H and O–H groups in total. The molecule has 0 unspecified atom stereocenters. The molecule has 4 bridgehead atoms. The van der Waals surface area contributed by atoms with Crippen molar-refractivity contribution in [3.63, 3.8) is 0 Å². The van der Waals surface area contributed by atoms with Gasteiger partial charge in [-0.15, -0.1) is 0 Å². The maximum Gasteiger partial charge on any atom is 0.239 e.